The normalized spacial score (nSPS) is 11.4. The molecule has 5 aromatic carbocycles. The standard InChI is InChI=1S/C32H20N2O/c1-3-10-21(11-4-1)24-15-9-16-25(20-24)29-31-30(34-32(33-29)23-13-5-2-6-14-23)28-26-17-8-7-12-22(26)18-19-27(28)35-31/h1-20H. The molecule has 0 aliphatic heterocycles. The molecule has 0 unspecified atom stereocenters. The lowest BCUT2D eigenvalue weighted by Crippen LogP contribution is -1.94. The molecular weight excluding hydrogens is 428 g/mol. The molecular formula is C32H20N2O. The Morgan fingerprint density at radius 3 is 2.03 bits per heavy atom. The summed E-state index contributed by atoms with van der Waals surface area (Å²) < 4.78 is 6.46. The van der Waals surface area contributed by atoms with Crippen LogP contribution in [0.1, 0.15) is 0 Å². The lowest BCUT2D eigenvalue weighted by molar-refractivity contribution is 0.667. The van der Waals surface area contributed by atoms with Crippen molar-refractivity contribution < 1.29 is 4.42 Å². The van der Waals surface area contributed by atoms with Crippen LogP contribution in [-0.4, -0.2) is 9.97 Å². The van der Waals surface area contributed by atoms with Crippen molar-refractivity contribution in [2.45, 2.75) is 0 Å². The second kappa shape index (κ2) is 7.93. The summed E-state index contributed by atoms with van der Waals surface area (Å²) in [5.74, 6) is 0.689. The Balaban J connectivity index is 1.57. The molecule has 164 valence electrons. The van der Waals surface area contributed by atoms with E-state index < -0.39 is 0 Å². The van der Waals surface area contributed by atoms with Crippen LogP contribution in [0.3, 0.4) is 0 Å². The predicted molar refractivity (Wildman–Crippen MR) is 143 cm³/mol. The summed E-state index contributed by atoms with van der Waals surface area (Å²) >= 11 is 0. The van der Waals surface area contributed by atoms with E-state index in [2.05, 4.69) is 78.9 Å². The first kappa shape index (κ1) is 19.7. The largest absolute Gasteiger partial charge is 0.452 e. The predicted octanol–water partition coefficient (Wildman–Crippen LogP) is 8.53. The molecule has 3 nitrogen and oxygen atoms in total. The SMILES string of the molecule is c1ccc(-c2cccc(-c3nc(-c4ccccc4)nc4c3oc3ccc5ccccc5c34)c2)cc1. The number of hydrogen-bond acceptors (Lipinski definition) is 3. The van der Waals surface area contributed by atoms with Gasteiger partial charge >= 0.3 is 0 Å². The number of rotatable bonds is 3. The molecule has 0 fully saturated rings. The van der Waals surface area contributed by atoms with Gasteiger partial charge in [0.25, 0.3) is 0 Å². The van der Waals surface area contributed by atoms with Crippen molar-refractivity contribution >= 4 is 32.8 Å². The van der Waals surface area contributed by atoms with Crippen molar-refractivity contribution in [1.82, 2.24) is 9.97 Å². The molecule has 0 spiro atoms. The minimum absolute atomic E-state index is 0.689. The Morgan fingerprint density at radius 1 is 0.514 bits per heavy atom. The third-order valence-electron chi connectivity index (χ3n) is 6.48. The van der Waals surface area contributed by atoms with Gasteiger partial charge in [0.2, 0.25) is 0 Å². The number of aromatic nitrogens is 2. The average Bonchev–Trinajstić information content (AvgIpc) is 3.33. The van der Waals surface area contributed by atoms with Crippen LogP contribution in [0, 0.1) is 0 Å². The van der Waals surface area contributed by atoms with E-state index in [0.29, 0.717) is 11.4 Å². The minimum Gasteiger partial charge on any atom is -0.452 e. The quantitative estimate of drug-likeness (QED) is 0.272. The van der Waals surface area contributed by atoms with Crippen LogP contribution in [-0.2, 0) is 0 Å². The van der Waals surface area contributed by atoms with Crippen LogP contribution in [0.5, 0.6) is 0 Å². The fourth-order valence-corrected chi connectivity index (χ4v) is 4.80. The lowest BCUT2D eigenvalue weighted by Gasteiger charge is -2.08. The van der Waals surface area contributed by atoms with Crippen molar-refractivity contribution in [1.29, 1.82) is 0 Å². The third kappa shape index (κ3) is 3.29. The highest BCUT2D eigenvalue weighted by molar-refractivity contribution is 6.19. The molecule has 0 amide bonds. The third-order valence-corrected chi connectivity index (χ3v) is 6.48. The smallest absolute Gasteiger partial charge is 0.180 e. The highest BCUT2D eigenvalue weighted by atomic mass is 16.3. The van der Waals surface area contributed by atoms with Crippen molar-refractivity contribution in [3.63, 3.8) is 0 Å². The highest BCUT2D eigenvalue weighted by Crippen LogP contribution is 2.39. The van der Waals surface area contributed by atoms with Gasteiger partial charge in [-0.15, -0.1) is 0 Å². The van der Waals surface area contributed by atoms with Gasteiger partial charge in [-0.25, -0.2) is 9.97 Å². The molecule has 3 heteroatoms. The Hall–Kier alpha value is -4.76. The minimum atomic E-state index is 0.689. The molecule has 0 saturated heterocycles. The summed E-state index contributed by atoms with van der Waals surface area (Å²) in [6, 6.07) is 41.5. The van der Waals surface area contributed by atoms with Crippen LogP contribution < -0.4 is 0 Å². The molecule has 0 N–H and O–H groups in total. The zero-order valence-corrected chi connectivity index (χ0v) is 18.8. The summed E-state index contributed by atoms with van der Waals surface area (Å²) in [5.41, 5.74) is 7.44. The zero-order valence-electron chi connectivity index (χ0n) is 18.8. The first-order chi connectivity index (χ1) is 17.3. The summed E-state index contributed by atoms with van der Waals surface area (Å²) in [6.07, 6.45) is 0. The molecule has 35 heavy (non-hydrogen) atoms. The number of nitrogens with zero attached hydrogens (tertiary/aromatic N) is 2. The maximum Gasteiger partial charge on any atom is 0.180 e. The monoisotopic (exact) mass is 448 g/mol. The van der Waals surface area contributed by atoms with E-state index in [1.165, 1.54) is 5.56 Å². The van der Waals surface area contributed by atoms with E-state index in [-0.39, 0.29) is 0 Å². The molecule has 0 saturated carbocycles. The number of fused-ring (bicyclic) bond motifs is 5. The van der Waals surface area contributed by atoms with Crippen molar-refractivity contribution in [2.24, 2.45) is 0 Å². The Kier molecular flexibility index (Phi) is 4.46. The van der Waals surface area contributed by atoms with Crippen LogP contribution in [0.25, 0.3) is 66.6 Å². The molecule has 0 atom stereocenters. The van der Waals surface area contributed by atoms with E-state index in [4.69, 9.17) is 14.4 Å². The molecule has 0 bridgehead atoms. The van der Waals surface area contributed by atoms with Gasteiger partial charge in [0.1, 0.15) is 16.8 Å². The average molecular weight is 449 g/mol. The number of hydrogen-bond donors (Lipinski definition) is 0. The highest BCUT2D eigenvalue weighted by Gasteiger charge is 2.20. The van der Waals surface area contributed by atoms with Crippen LogP contribution in [0.2, 0.25) is 0 Å². The second-order valence-corrected chi connectivity index (χ2v) is 8.65. The van der Waals surface area contributed by atoms with Crippen LogP contribution in [0.15, 0.2) is 126 Å². The van der Waals surface area contributed by atoms with Gasteiger partial charge < -0.3 is 4.42 Å². The molecule has 0 aliphatic rings. The summed E-state index contributed by atoms with van der Waals surface area (Å²) in [5, 5.41) is 3.32. The topological polar surface area (TPSA) is 38.9 Å². The van der Waals surface area contributed by atoms with Crippen LogP contribution in [0.4, 0.5) is 0 Å². The number of benzene rings is 5. The van der Waals surface area contributed by atoms with Gasteiger partial charge in [-0.1, -0.05) is 109 Å². The summed E-state index contributed by atoms with van der Waals surface area (Å²) in [6.45, 7) is 0. The van der Waals surface area contributed by atoms with E-state index in [0.717, 1.165) is 49.6 Å². The van der Waals surface area contributed by atoms with Crippen molar-refractivity contribution in [3.8, 4) is 33.8 Å². The maximum absolute atomic E-state index is 6.46. The van der Waals surface area contributed by atoms with Crippen LogP contribution >= 0.6 is 0 Å². The Bertz CT molecular complexity index is 1840. The van der Waals surface area contributed by atoms with E-state index >= 15 is 0 Å². The zero-order chi connectivity index (χ0) is 23.2. The fraction of sp³-hybridized carbons (Fsp3) is 0. The molecule has 0 radical (unpaired) electrons. The molecule has 7 aromatic rings. The first-order valence-electron chi connectivity index (χ1n) is 11.7. The van der Waals surface area contributed by atoms with Gasteiger partial charge in [0.05, 0.1) is 5.39 Å². The Labute approximate surface area is 202 Å². The summed E-state index contributed by atoms with van der Waals surface area (Å²) in [4.78, 5) is 10.1. The maximum atomic E-state index is 6.46. The van der Waals surface area contributed by atoms with Gasteiger partial charge in [-0.05, 0) is 34.0 Å². The molecule has 2 aromatic heterocycles. The van der Waals surface area contributed by atoms with E-state index in [9.17, 15) is 0 Å². The van der Waals surface area contributed by atoms with Gasteiger partial charge in [-0.2, -0.15) is 0 Å². The molecule has 7 rings (SSSR count). The van der Waals surface area contributed by atoms with Crippen molar-refractivity contribution in [2.75, 3.05) is 0 Å². The molecule has 0 aliphatic carbocycles. The van der Waals surface area contributed by atoms with Gasteiger partial charge in [0.15, 0.2) is 11.4 Å². The lowest BCUT2D eigenvalue weighted by atomic mass is 10.0. The Morgan fingerprint density at radius 2 is 1.20 bits per heavy atom. The first-order valence-corrected chi connectivity index (χ1v) is 11.7. The molecule has 2 heterocycles. The second-order valence-electron chi connectivity index (χ2n) is 8.65. The number of furan rings is 1. The van der Waals surface area contributed by atoms with Gasteiger partial charge in [-0.3, -0.25) is 0 Å². The van der Waals surface area contributed by atoms with E-state index in [1.807, 2.05) is 42.5 Å². The van der Waals surface area contributed by atoms with E-state index in [1.54, 1.807) is 0 Å². The van der Waals surface area contributed by atoms with Gasteiger partial charge in [0, 0.05) is 11.1 Å². The fourth-order valence-electron chi connectivity index (χ4n) is 4.80. The van der Waals surface area contributed by atoms with Crippen molar-refractivity contribution in [3.05, 3.63) is 121 Å². The summed E-state index contributed by atoms with van der Waals surface area (Å²) in [7, 11) is 0.